The summed E-state index contributed by atoms with van der Waals surface area (Å²) >= 11 is 0. The number of anilines is 2. The van der Waals surface area contributed by atoms with Gasteiger partial charge in [-0.2, -0.15) is 4.98 Å². The van der Waals surface area contributed by atoms with Crippen molar-refractivity contribution in [1.29, 1.82) is 0 Å². The van der Waals surface area contributed by atoms with Crippen molar-refractivity contribution in [2.24, 2.45) is 5.92 Å². The highest BCUT2D eigenvalue weighted by molar-refractivity contribution is 5.86. The molecule has 3 rings (SSSR count). The quantitative estimate of drug-likeness (QED) is 0.909. The molecule has 0 radical (unpaired) electrons. The molecule has 1 aromatic carbocycles. The molecule has 1 aliphatic rings. The smallest absolute Gasteiger partial charge is 0.234 e. The maximum atomic E-state index is 13.5. The minimum atomic E-state index is -0.255. The molecule has 114 valence electrons. The molecule has 1 aromatic heterocycles. The van der Waals surface area contributed by atoms with Gasteiger partial charge in [0.05, 0.1) is 6.04 Å². The first-order chi connectivity index (χ1) is 10.5. The highest BCUT2D eigenvalue weighted by atomic mass is 19.1. The highest BCUT2D eigenvalue weighted by Crippen LogP contribution is 2.38. The standard InChI is InChI=1S/C15H16FN5O/c1-8-5-10-3-4-11(16)6-12(10)13(8)20-15-18-7-17-14(21-15)19-9(2)22/h3-4,6-8,13H,5H2,1-2H3,(H2,17,18,19,20,21,22). The van der Waals surface area contributed by atoms with Gasteiger partial charge < -0.3 is 5.32 Å². The molecule has 2 atom stereocenters. The summed E-state index contributed by atoms with van der Waals surface area (Å²) in [6.07, 6.45) is 2.20. The van der Waals surface area contributed by atoms with Gasteiger partial charge in [0.1, 0.15) is 12.1 Å². The summed E-state index contributed by atoms with van der Waals surface area (Å²) in [5.74, 6) is 0.327. The van der Waals surface area contributed by atoms with Gasteiger partial charge in [0.15, 0.2) is 0 Å². The van der Waals surface area contributed by atoms with Crippen LogP contribution in [0.5, 0.6) is 0 Å². The lowest BCUT2D eigenvalue weighted by Crippen LogP contribution is -2.17. The Kier molecular flexibility index (Phi) is 3.70. The zero-order chi connectivity index (χ0) is 15.7. The summed E-state index contributed by atoms with van der Waals surface area (Å²) < 4.78 is 13.5. The number of carbonyl (C=O) groups is 1. The number of carbonyl (C=O) groups excluding carboxylic acids is 1. The fourth-order valence-electron chi connectivity index (χ4n) is 2.76. The molecule has 2 aromatic rings. The summed E-state index contributed by atoms with van der Waals surface area (Å²) in [4.78, 5) is 23.1. The number of hydrogen-bond acceptors (Lipinski definition) is 5. The Balaban J connectivity index is 1.85. The van der Waals surface area contributed by atoms with E-state index in [9.17, 15) is 9.18 Å². The van der Waals surface area contributed by atoms with Crippen LogP contribution < -0.4 is 10.6 Å². The molecule has 22 heavy (non-hydrogen) atoms. The summed E-state index contributed by atoms with van der Waals surface area (Å²) in [5.41, 5.74) is 2.05. The van der Waals surface area contributed by atoms with Crippen LogP contribution in [-0.4, -0.2) is 20.9 Å². The normalized spacial score (nSPS) is 19.6. The number of hydrogen-bond donors (Lipinski definition) is 2. The fraction of sp³-hybridized carbons (Fsp3) is 0.333. The maximum Gasteiger partial charge on any atom is 0.234 e. The van der Waals surface area contributed by atoms with Crippen LogP contribution in [0.3, 0.4) is 0 Å². The molecule has 7 heteroatoms. The van der Waals surface area contributed by atoms with Crippen molar-refractivity contribution < 1.29 is 9.18 Å². The molecule has 0 spiro atoms. The van der Waals surface area contributed by atoms with Crippen molar-refractivity contribution in [2.45, 2.75) is 26.3 Å². The summed E-state index contributed by atoms with van der Waals surface area (Å²) in [6, 6.07) is 4.77. The SMILES string of the molecule is CC(=O)Nc1ncnc(NC2c3cc(F)ccc3CC2C)n1. The minimum absolute atomic E-state index is 0.0710. The molecule has 1 amide bonds. The van der Waals surface area contributed by atoms with Crippen molar-refractivity contribution in [3.63, 3.8) is 0 Å². The Morgan fingerprint density at radius 3 is 2.86 bits per heavy atom. The topological polar surface area (TPSA) is 79.8 Å². The van der Waals surface area contributed by atoms with E-state index in [0.29, 0.717) is 5.95 Å². The number of benzene rings is 1. The van der Waals surface area contributed by atoms with Gasteiger partial charge in [0, 0.05) is 6.92 Å². The molecule has 1 aliphatic carbocycles. The predicted molar refractivity (Wildman–Crippen MR) is 79.8 cm³/mol. The van der Waals surface area contributed by atoms with Crippen LogP contribution in [0.1, 0.15) is 31.0 Å². The average molecular weight is 301 g/mol. The Morgan fingerprint density at radius 1 is 1.32 bits per heavy atom. The van der Waals surface area contributed by atoms with Gasteiger partial charge >= 0.3 is 0 Å². The number of nitrogens with one attached hydrogen (secondary N) is 2. The number of nitrogens with zero attached hydrogens (tertiary/aromatic N) is 3. The molecule has 1 heterocycles. The summed E-state index contributed by atoms with van der Waals surface area (Å²) in [6.45, 7) is 3.47. The van der Waals surface area contributed by atoms with Crippen molar-refractivity contribution in [3.05, 3.63) is 41.5 Å². The number of amides is 1. The molecule has 2 unspecified atom stereocenters. The molecular weight excluding hydrogens is 285 g/mol. The second kappa shape index (κ2) is 5.67. The number of fused-ring (bicyclic) bond motifs is 1. The van der Waals surface area contributed by atoms with E-state index in [1.807, 2.05) is 6.07 Å². The predicted octanol–water partition coefficient (Wildman–Crippen LogP) is 2.31. The molecule has 0 bridgehead atoms. The van der Waals surface area contributed by atoms with Crippen molar-refractivity contribution in [3.8, 4) is 0 Å². The third-order valence-electron chi connectivity index (χ3n) is 3.70. The molecule has 0 saturated heterocycles. The zero-order valence-electron chi connectivity index (χ0n) is 12.3. The first-order valence-corrected chi connectivity index (χ1v) is 7.04. The number of aromatic nitrogens is 3. The summed E-state index contributed by atoms with van der Waals surface area (Å²) in [7, 11) is 0. The van der Waals surface area contributed by atoms with Gasteiger partial charge in [-0.25, -0.2) is 14.4 Å². The Labute approximate surface area is 127 Å². The van der Waals surface area contributed by atoms with E-state index >= 15 is 0 Å². The van der Waals surface area contributed by atoms with Crippen LogP contribution in [0, 0.1) is 11.7 Å². The van der Waals surface area contributed by atoms with Gasteiger partial charge in [-0.3, -0.25) is 10.1 Å². The van der Waals surface area contributed by atoms with Crippen LogP contribution in [0.2, 0.25) is 0 Å². The highest BCUT2D eigenvalue weighted by Gasteiger charge is 2.30. The van der Waals surface area contributed by atoms with E-state index < -0.39 is 0 Å². The first kappa shape index (κ1) is 14.4. The Hall–Kier alpha value is -2.57. The average Bonchev–Trinajstić information content (AvgIpc) is 2.75. The third kappa shape index (κ3) is 2.88. The van der Waals surface area contributed by atoms with Gasteiger partial charge in [-0.15, -0.1) is 0 Å². The third-order valence-corrected chi connectivity index (χ3v) is 3.70. The van der Waals surface area contributed by atoms with Crippen molar-refractivity contribution in [2.75, 3.05) is 10.6 Å². The Bertz CT molecular complexity index is 721. The second-order valence-electron chi connectivity index (χ2n) is 5.46. The van der Waals surface area contributed by atoms with E-state index in [4.69, 9.17) is 0 Å². The van der Waals surface area contributed by atoms with Crippen LogP contribution in [-0.2, 0) is 11.2 Å². The summed E-state index contributed by atoms with van der Waals surface area (Å²) in [5, 5.41) is 5.72. The first-order valence-electron chi connectivity index (χ1n) is 7.04. The molecule has 0 aliphatic heterocycles. The van der Waals surface area contributed by atoms with Gasteiger partial charge in [0.2, 0.25) is 17.8 Å². The van der Waals surface area contributed by atoms with Gasteiger partial charge in [-0.05, 0) is 35.6 Å². The number of rotatable bonds is 3. The van der Waals surface area contributed by atoms with Crippen LogP contribution in [0.4, 0.5) is 16.3 Å². The monoisotopic (exact) mass is 301 g/mol. The van der Waals surface area contributed by atoms with E-state index in [-0.39, 0.29) is 29.6 Å². The van der Waals surface area contributed by atoms with Crippen LogP contribution in [0.25, 0.3) is 0 Å². The molecular formula is C15H16FN5O. The van der Waals surface area contributed by atoms with Gasteiger partial charge in [-0.1, -0.05) is 13.0 Å². The van der Waals surface area contributed by atoms with E-state index in [0.717, 1.165) is 17.5 Å². The Morgan fingerprint density at radius 2 is 2.09 bits per heavy atom. The van der Waals surface area contributed by atoms with Crippen LogP contribution >= 0.6 is 0 Å². The second-order valence-corrected chi connectivity index (χ2v) is 5.46. The van der Waals surface area contributed by atoms with Gasteiger partial charge in [0.25, 0.3) is 0 Å². The maximum absolute atomic E-state index is 13.5. The lowest BCUT2D eigenvalue weighted by Gasteiger charge is -2.18. The zero-order valence-corrected chi connectivity index (χ0v) is 12.3. The number of halogens is 1. The van der Waals surface area contributed by atoms with E-state index in [1.54, 1.807) is 6.07 Å². The lowest BCUT2D eigenvalue weighted by atomic mass is 10.0. The van der Waals surface area contributed by atoms with Crippen molar-refractivity contribution in [1.82, 2.24) is 15.0 Å². The molecule has 0 saturated carbocycles. The molecule has 2 N–H and O–H groups in total. The van der Waals surface area contributed by atoms with Crippen LogP contribution in [0.15, 0.2) is 24.5 Å². The minimum Gasteiger partial charge on any atom is -0.347 e. The largest absolute Gasteiger partial charge is 0.347 e. The molecule has 6 nitrogen and oxygen atoms in total. The lowest BCUT2D eigenvalue weighted by molar-refractivity contribution is -0.114. The fourth-order valence-corrected chi connectivity index (χ4v) is 2.76. The van der Waals surface area contributed by atoms with E-state index in [2.05, 4.69) is 32.5 Å². The van der Waals surface area contributed by atoms with Crippen molar-refractivity contribution >= 4 is 17.8 Å². The van der Waals surface area contributed by atoms with E-state index in [1.165, 1.54) is 19.3 Å². The molecule has 0 fully saturated rings.